The molecule has 2 N–H and O–H groups in total. The lowest BCUT2D eigenvalue weighted by Gasteiger charge is -2.06. The highest BCUT2D eigenvalue weighted by atomic mass is 16.6. The molecule has 0 saturated heterocycles. The largest absolute Gasteiger partial charge is 0.392 e. The lowest BCUT2D eigenvalue weighted by Crippen LogP contribution is -2.00. The molecule has 0 fully saturated rings. The first-order valence-electron chi connectivity index (χ1n) is 3.75. The zero-order chi connectivity index (χ0) is 9.84. The first kappa shape index (κ1) is 9.47. The third-order valence-corrected chi connectivity index (χ3v) is 1.75. The van der Waals surface area contributed by atoms with Crippen LogP contribution in [0.15, 0.2) is 18.2 Å². The van der Waals surface area contributed by atoms with Gasteiger partial charge in [0.25, 0.3) is 5.69 Å². The van der Waals surface area contributed by atoms with Crippen LogP contribution in [0.2, 0.25) is 0 Å². The number of nitrogens with zero attached hydrogens (tertiary/aromatic N) is 1. The number of anilines is 1. The van der Waals surface area contributed by atoms with Crippen molar-refractivity contribution < 1.29 is 10.0 Å². The van der Waals surface area contributed by atoms with Gasteiger partial charge in [0.2, 0.25) is 0 Å². The van der Waals surface area contributed by atoms with E-state index in [0.717, 1.165) is 0 Å². The molecule has 0 aliphatic carbocycles. The lowest BCUT2D eigenvalue weighted by atomic mass is 10.1. The number of aliphatic hydroxyl groups excluding tert-OH is 1. The minimum Gasteiger partial charge on any atom is -0.392 e. The molecule has 1 rings (SSSR count). The fourth-order valence-electron chi connectivity index (χ4n) is 1.16. The molecule has 0 heterocycles. The summed E-state index contributed by atoms with van der Waals surface area (Å²) >= 11 is 0. The van der Waals surface area contributed by atoms with Crippen molar-refractivity contribution >= 4 is 11.4 Å². The first-order chi connectivity index (χ1) is 6.20. The van der Waals surface area contributed by atoms with E-state index < -0.39 is 4.92 Å². The maximum atomic E-state index is 10.5. The predicted octanol–water partition coefficient (Wildman–Crippen LogP) is 1.13. The third-order valence-electron chi connectivity index (χ3n) is 1.75. The van der Waals surface area contributed by atoms with Crippen LogP contribution in [0.3, 0.4) is 0 Å². The Balaban J connectivity index is 3.27. The molecular formula is C8H10N2O3. The fraction of sp³-hybridized carbons (Fsp3) is 0.250. The van der Waals surface area contributed by atoms with Crippen LogP contribution in [0, 0.1) is 10.1 Å². The Kier molecular flexibility index (Phi) is 2.81. The van der Waals surface area contributed by atoms with Crippen molar-refractivity contribution in [1.82, 2.24) is 0 Å². The molecule has 1 aromatic carbocycles. The Morgan fingerprint density at radius 3 is 2.77 bits per heavy atom. The predicted molar refractivity (Wildman–Crippen MR) is 48.6 cm³/mol. The molecule has 0 bridgehead atoms. The molecule has 0 amide bonds. The molecule has 13 heavy (non-hydrogen) atoms. The maximum absolute atomic E-state index is 10.5. The van der Waals surface area contributed by atoms with Crippen LogP contribution in [0.5, 0.6) is 0 Å². The minimum atomic E-state index is -0.481. The van der Waals surface area contributed by atoms with Crippen LogP contribution in [-0.4, -0.2) is 17.1 Å². The van der Waals surface area contributed by atoms with Gasteiger partial charge in [0, 0.05) is 18.7 Å². The number of nitrogens with one attached hydrogen (secondary N) is 1. The van der Waals surface area contributed by atoms with Crippen molar-refractivity contribution in [3.05, 3.63) is 33.9 Å². The van der Waals surface area contributed by atoms with E-state index >= 15 is 0 Å². The molecule has 5 heteroatoms. The summed E-state index contributed by atoms with van der Waals surface area (Å²) in [7, 11) is 1.58. The minimum absolute atomic E-state index is 0.0194. The highest BCUT2D eigenvalue weighted by molar-refractivity contribution is 5.65. The second kappa shape index (κ2) is 3.86. The lowest BCUT2D eigenvalue weighted by molar-refractivity contribution is -0.384. The van der Waals surface area contributed by atoms with Gasteiger partial charge in [-0.15, -0.1) is 0 Å². The average Bonchev–Trinajstić information content (AvgIpc) is 2.16. The standard InChI is InChI=1S/C8H10N2O3/c1-9-8-6(5-11)3-2-4-7(8)10(12)13/h2-4,9,11H,5H2,1H3. The zero-order valence-electron chi connectivity index (χ0n) is 7.15. The molecule has 0 unspecified atom stereocenters. The monoisotopic (exact) mass is 182 g/mol. The van der Waals surface area contributed by atoms with Gasteiger partial charge in [0.1, 0.15) is 5.69 Å². The topological polar surface area (TPSA) is 75.4 Å². The van der Waals surface area contributed by atoms with Gasteiger partial charge in [0.05, 0.1) is 11.5 Å². The van der Waals surface area contributed by atoms with E-state index in [2.05, 4.69) is 5.32 Å². The Morgan fingerprint density at radius 1 is 1.62 bits per heavy atom. The first-order valence-corrected chi connectivity index (χ1v) is 3.75. The van der Waals surface area contributed by atoms with E-state index in [1.165, 1.54) is 6.07 Å². The fourth-order valence-corrected chi connectivity index (χ4v) is 1.16. The summed E-state index contributed by atoms with van der Waals surface area (Å²) in [5.41, 5.74) is 0.876. The van der Waals surface area contributed by atoms with Gasteiger partial charge < -0.3 is 10.4 Å². The van der Waals surface area contributed by atoms with Crippen molar-refractivity contribution in [3.8, 4) is 0 Å². The summed E-state index contributed by atoms with van der Waals surface area (Å²) in [5.74, 6) is 0. The van der Waals surface area contributed by atoms with E-state index in [0.29, 0.717) is 11.3 Å². The molecule has 0 aliphatic heterocycles. The van der Waals surface area contributed by atoms with Crippen LogP contribution in [-0.2, 0) is 6.61 Å². The molecule has 0 aliphatic rings. The number of rotatable bonds is 3. The zero-order valence-corrected chi connectivity index (χ0v) is 7.15. The number of para-hydroxylation sites is 1. The molecule has 0 radical (unpaired) electrons. The van der Waals surface area contributed by atoms with Gasteiger partial charge in [-0.05, 0) is 0 Å². The summed E-state index contributed by atoms with van der Waals surface area (Å²) < 4.78 is 0. The summed E-state index contributed by atoms with van der Waals surface area (Å²) in [6, 6.07) is 4.58. The van der Waals surface area contributed by atoms with Crippen LogP contribution >= 0.6 is 0 Å². The van der Waals surface area contributed by atoms with Crippen LogP contribution in [0.4, 0.5) is 11.4 Å². The van der Waals surface area contributed by atoms with Gasteiger partial charge in [-0.1, -0.05) is 12.1 Å². The Labute approximate surface area is 75.2 Å². The highest BCUT2D eigenvalue weighted by Gasteiger charge is 2.14. The van der Waals surface area contributed by atoms with E-state index in [9.17, 15) is 10.1 Å². The van der Waals surface area contributed by atoms with Crippen molar-refractivity contribution in [3.63, 3.8) is 0 Å². The van der Waals surface area contributed by atoms with E-state index in [-0.39, 0.29) is 12.3 Å². The van der Waals surface area contributed by atoms with E-state index in [1.807, 2.05) is 0 Å². The smallest absolute Gasteiger partial charge is 0.292 e. The van der Waals surface area contributed by atoms with Gasteiger partial charge >= 0.3 is 0 Å². The number of nitro benzene ring substituents is 1. The molecule has 0 aromatic heterocycles. The van der Waals surface area contributed by atoms with Crippen LogP contribution in [0.25, 0.3) is 0 Å². The quantitative estimate of drug-likeness (QED) is 0.542. The van der Waals surface area contributed by atoms with Crippen LogP contribution < -0.4 is 5.32 Å². The average molecular weight is 182 g/mol. The molecule has 0 spiro atoms. The molecule has 70 valence electrons. The van der Waals surface area contributed by atoms with Gasteiger partial charge in [-0.3, -0.25) is 10.1 Å². The molecule has 1 aromatic rings. The van der Waals surface area contributed by atoms with Gasteiger partial charge in [0.15, 0.2) is 0 Å². The molecule has 0 saturated carbocycles. The molecule has 5 nitrogen and oxygen atoms in total. The molecular weight excluding hydrogens is 172 g/mol. The SMILES string of the molecule is CNc1c(CO)cccc1[N+](=O)[O-]. The third kappa shape index (κ3) is 1.75. The second-order valence-electron chi connectivity index (χ2n) is 2.48. The number of aliphatic hydroxyl groups is 1. The Morgan fingerprint density at radius 2 is 2.31 bits per heavy atom. The highest BCUT2D eigenvalue weighted by Crippen LogP contribution is 2.27. The van der Waals surface area contributed by atoms with Gasteiger partial charge in [-0.25, -0.2) is 0 Å². The van der Waals surface area contributed by atoms with E-state index in [4.69, 9.17) is 5.11 Å². The Hall–Kier alpha value is -1.62. The maximum Gasteiger partial charge on any atom is 0.292 e. The van der Waals surface area contributed by atoms with E-state index in [1.54, 1.807) is 19.2 Å². The molecule has 0 atom stereocenters. The normalized spacial score (nSPS) is 9.69. The van der Waals surface area contributed by atoms with Crippen molar-refractivity contribution in [2.75, 3.05) is 12.4 Å². The second-order valence-corrected chi connectivity index (χ2v) is 2.48. The summed E-state index contributed by atoms with van der Waals surface area (Å²) in [4.78, 5) is 10.1. The van der Waals surface area contributed by atoms with Crippen molar-refractivity contribution in [2.45, 2.75) is 6.61 Å². The number of nitro groups is 1. The number of benzene rings is 1. The Bertz CT molecular complexity index is 325. The summed E-state index contributed by atoms with van der Waals surface area (Å²) in [6.45, 7) is -0.210. The summed E-state index contributed by atoms with van der Waals surface area (Å²) in [5, 5.41) is 22.1. The van der Waals surface area contributed by atoms with Gasteiger partial charge in [-0.2, -0.15) is 0 Å². The summed E-state index contributed by atoms with van der Waals surface area (Å²) in [6.07, 6.45) is 0. The van der Waals surface area contributed by atoms with Crippen molar-refractivity contribution in [2.24, 2.45) is 0 Å². The number of hydrogen-bond donors (Lipinski definition) is 2. The van der Waals surface area contributed by atoms with Crippen molar-refractivity contribution in [1.29, 1.82) is 0 Å². The number of hydrogen-bond acceptors (Lipinski definition) is 4. The van der Waals surface area contributed by atoms with Crippen LogP contribution in [0.1, 0.15) is 5.56 Å².